The number of pyridine rings is 1. The molecule has 1 aromatic heterocycles. The van der Waals surface area contributed by atoms with E-state index in [9.17, 15) is 9.59 Å². The number of aromatic nitrogens is 1. The highest BCUT2D eigenvalue weighted by Gasteiger charge is 2.35. The SMILES string of the molecule is CCc1cc(N)c(I)nc1N(C(=O)OC(C)(C)C)C(=O)OC(C)(C)C. The Balaban J connectivity index is 3.43. The summed E-state index contributed by atoms with van der Waals surface area (Å²) in [6, 6.07) is 1.70. The summed E-state index contributed by atoms with van der Waals surface area (Å²) in [5.74, 6) is 0.171. The van der Waals surface area contributed by atoms with Crippen molar-refractivity contribution in [1.82, 2.24) is 4.98 Å². The number of halogens is 1. The molecule has 0 aliphatic rings. The summed E-state index contributed by atoms with van der Waals surface area (Å²) in [4.78, 5) is 30.5. The molecule has 2 amide bonds. The monoisotopic (exact) mass is 463 g/mol. The number of hydrogen-bond donors (Lipinski definition) is 1. The Morgan fingerprint density at radius 2 is 1.56 bits per heavy atom. The number of imide groups is 1. The largest absolute Gasteiger partial charge is 0.443 e. The van der Waals surface area contributed by atoms with Crippen molar-refractivity contribution < 1.29 is 19.1 Å². The molecular formula is C17H26IN3O4. The van der Waals surface area contributed by atoms with E-state index in [-0.39, 0.29) is 5.82 Å². The van der Waals surface area contributed by atoms with E-state index in [2.05, 4.69) is 4.98 Å². The third-order valence-electron chi connectivity index (χ3n) is 2.80. The highest BCUT2D eigenvalue weighted by Crippen LogP contribution is 2.27. The summed E-state index contributed by atoms with van der Waals surface area (Å²) < 4.78 is 11.2. The minimum Gasteiger partial charge on any atom is -0.443 e. The third-order valence-corrected chi connectivity index (χ3v) is 3.67. The molecule has 1 aromatic rings. The first-order valence-corrected chi connectivity index (χ1v) is 9.04. The van der Waals surface area contributed by atoms with Gasteiger partial charge in [-0.1, -0.05) is 6.92 Å². The van der Waals surface area contributed by atoms with Crippen molar-refractivity contribution >= 4 is 46.3 Å². The van der Waals surface area contributed by atoms with Gasteiger partial charge in [-0.2, -0.15) is 4.90 Å². The van der Waals surface area contributed by atoms with E-state index in [1.165, 1.54) is 0 Å². The molecule has 1 heterocycles. The Hall–Kier alpha value is -1.58. The molecule has 0 aliphatic heterocycles. The zero-order chi connectivity index (χ0) is 19.6. The van der Waals surface area contributed by atoms with Gasteiger partial charge < -0.3 is 15.2 Å². The fraction of sp³-hybridized carbons (Fsp3) is 0.588. The second-order valence-electron chi connectivity index (χ2n) is 7.50. The molecule has 140 valence electrons. The van der Waals surface area contributed by atoms with Crippen molar-refractivity contribution in [2.75, 3.05) is 10.6 Å². The lowest BCUT2D eigenvalue weighted by molar-refractivity contribution is 0.0428. The fourth-order valence-electron chi connectivity index (χ4n) is 1.86. The van der Waals surface area contributed by atoms with Crippen LogP contribution in [-0.4, -0.2) is 28.4 Å². The fourth-order valence-corrected chi connectivity index (χ4v) is 2.24. The minimum atomic E-state index is -0.843. The van der Waals surface area contributed by atoms with Gasteiger partial charge in [0.1, 0.15) is 14.9 Å². The number of rotatable bonds is 2. The number of nitrogen functional groups attached to an aromatic ring is 1. The Morgan fingerprint density at radius 1 is 1.12 bits per heavy atom. The van der Waals surface area contributed by atoms with Crippen molar-refractivity contribution in [3.63, 3.8) is 0 Å². The second-order valence-corrected chi connectivity index (χ2v) is 8.52. The van der Waals surface area contributed by atoms with Crippen LogP contribution in [0.2, 0.25) is 0 Å². The molecule has 1 rings (SSSR count). The standard InChI is InChI=1S/C17H26IN3O4/c1-8-10-9-11(19)12(18)20-13(10)21(14(22)24-16(2,3)4)15(23)25-17(5,6)7/h9H,8,19H2,1-7H3. The number of ether oxygens (including phenoxy) is 2. The van der Waals surface area contributed by atoms with E-state index in [0.717, 1.165) is 4.90 Å². The van der Waals surface area contributed by atoms with Gasteiger partial charge >= 0.3 is 12.2 Å². The lowest BCUT2D eigenvalue weighted by Crippen LogP contribution is -2.44. The quantitative estimate of drug-likeness (QED) is 0.513. The van der Waals surface area contributed by atoms with Gasteiger partial charge in [0.05, 0.1) is 5.69 Å². The van der Waals surface area contributed by atoms with E-state index < -0.39 is 23.4 Å². The van der Waals surface area contributed by atoms with Crippen LogP contribution in [0.5, 0.6) is 0 Å². The molecule has 0 aromatic carbocycles. The third kappa shape index (κ3) is 6.33. The van der Waals surface area contributed by atoms with E-state index in [1.807, 2.05) is 29.5 Å². The van der Waals surface area contributed by atoms with Crippen LogP contribution >= 0.6 is 22.6 Å². The van der Waals surface area contributed by atoms with Crippen molar-refractivity contribution in [2.45, 2.75) is 66.1 Å². The van der Waals surface area contributed by atoms with E-state index in [0.29, 0.717) is 21.4 Å². The number of hydrogen-bond acceptors (Lipinski definition) is 6. The predicted molar refractivity (Wildman–Crippen MR) is 106 cm³/mol. The van der Waals surface area contributed by atoms with Crippen LogP contribution in [0.3, 0.4) is 0 Å². The zero-order valence-corrected chi connectivity index (χ0v) is 17.9. The number of carbonyl (C=O) groups is 2. The van der Waals surface area contributed by atoms with Gasteiger partial charge in [0.15, 0.2) is 5.82 Å². The lowest BCUT2D eigenvalue weighted by atomic mass is 10.2. The Morgan fingerprint density at radius 3 is 1.92 bits per heavy atom. The number of amides is 2. The average Bonchev–Trinajstić information content (AvgIpc) is 2.38. The first-order chi connectivity index (χ1) is 11.2. The maximum Gasteiger partial charge on any atom is 0.425 e. The maximum absolute atomic E-state index is 12.7. The van der Waals surface area contributed by atoms with Crippen LogP contribution in [-0.2, 0) is 15.9 Å². The first kappa shape index (κ1) is 21.5. The Bertz CT molecular complexity index is 635. The molecular weight excluding hydrogens is 437 g/mol. The van der Waals surface area contributed by atoms with Gasteiger partial charge in [-0.25, -0.2) is 14.6 Å². The van der Waals surface area contributed by atoms with Gasteiger partial charge in [0.2, 0.25) is 0 Å². The van der Waals surface area contributed by atoms with Crippen LogP contribution in [0.15, 0.2) is 6.07 Å². The van der Waals surface area contributed by atoms with E-state index in [4.69, 9.17) is 15.2 Å². The molecule has 25 heavy (non-hydrogen) atoms. The molecule has 0 unspecified atom stereocenters. The minimum absolute atomic E-state index is 0.171. The van der Waals surface area contributed by atoms with Crippen LogP contribution in [0.25, 0.3) is 0 Å². The van der Waals surface area contributed by atoms with E-state index >= 15 is 0 Å². The number of nitrogens with two attached hydrogens (primary N) is 1. The molecule has 0 radical (unpaired) electrons. The van der Waals surface area contributed by atoms with Crippen molar-refractivity contribution in [3.8, 4) is 0 Å². The smallest absolute Gasteiger partial charge is 0.425 e. The number of anilines is 2. The topological polar surface area (TPSA) is 94.8 Å². The van der Waals surface area contributed by atoms with Gasteiger partial charge in [-0.15, -0.1) is 0 Å². The highest BCUT2D eigenvalue weighted by atomic mass is 127. The molecule has 8 heteroatoms. The highest BCUT2D eigenvalue weighted by molar-refractivity contribution is 14.1. The summed E-state index contributed by atoms with van der Waals surface area (Å²) in [5, 5.41) is 0. The Kier molecular flexibility index (Phi) is 6.66. The number of aryl methyl sites for hydroxylation is 1. The summed E-state index contributed by atoms with van der Waals surface area (Å²) in [7, 11) is 0. The molecule has 0 saturated carbocycles. The first-order valence-electron chi connectivity index (χ1n) is 7.96. The maximum atomic E-state index is 12.7. The number of nitrogens with zero attached hydrogens (tertiary/aromatic N) is 2. The summed E-state index contributed by atoms with van der Waals surface area (Å²) in [5.41, 5.74) is 5.48. The molecule has 0 atom stereocenters. The molecule has 2 N–H and O–H groups in total. The number of carbonyl (C=O) groups excluding carboxylic acids is 2. The molecule has 7 nitrogen and oxygen atoms in total. The van der Waals surface area contributed by atoms with Gasteiger partial charge in [0, 0.05) is 0 Å². The molecule has 0 spiro atoms. The van der Waals surface area contributed by atoms with Crippen LogP contribution in [0, 0.1) is 3.70 Å². The lowest BCUT2D eigenvalue weighted by Gasteiger charge is -2.29. The predicted octanol–water partition coefficient (Wildman–Crippen LogP) is 4.51. The van der Waals surface area contributed by atoms with Crippen molar-refractivity contribution in [2.24, 2.45) is 0 Å². The van der Waals surface area contributed by atoms with Crippen molar-refractivity contribution in [1.29, 1.82) is 0 Å². The summed E-state index contributed by atoms with van der Waals surface area (Å²) >= 11 is 1.95. The van der Waals surface area contributed by atoms with Gasteiger partial charge in [0.25, 0.3) is 0 Å². The molecule has 0 bridgehead atoms. The van der Waals surface area contributed by atoms with Gasteiger partial charge in [-0.3, -0.25) is 0 Å². The Labute approximate surface area is 162 Å². The zero-order valence-electron chi connectivity index (χ0n) is 15.8. The average molecular weight is 463 g/mol. The molecule has 0 fully saturated rings. The van der Waals surface area contributed by atoms with Gasteiger partial charge in [-0.05, 0) is 82.2 Å². The van der Waals surface area contributed by atoms with E-state index in [1.54, 1.807) is 47.6 Å². The summed E-state index contributed by atoms with van der Waals surface area (Å²) in [6.45, 7) is 12.2. The van der Waals surface area contributed by atoms with Crippen LogP contribution < -0.4 is 10.6 Å². The van der Waals surface area contributed by atoms with Crippen LogP contribution in [0.1, 0.15) is 54.0 Å². The summed E-state index contributed by atoms with van der Waals surface area (Å²) in [6.07, 6.45) is -1.15. The van der Waals surface area contributed by atoms with Crippen LogP contribution in [0.4, 0.5) is 21.1 Å². The normalized spacial score (nSPS) is 11.8. The molecule has 0 aliphatic carbocycles. The van der Waals surface area contributed by atoms with Crippen molar-refractivity contribution in [3.05, 3.63) is 15.3 Å². The second kappa shape index (κ2) is 7.76. The molecule has 0 saturated heterocycles.